The fraction of sp³-hybridized carbons (Fsp3) is 0.667. The highest BCUT2D eigenvalue weighted by Gasteiger charge is 2.30. The van der Waals surface area contributed by atoms with Crippen LogP contribution in [0.25, 0.3) is 0 Å². The predicted molar refractivity (Wildman–Crippen MR) is 91.0 cm³/mol. The normalized spacial score (nSPS) is 22.9. The van der Waals surface area contributed by atoms with Gasteiger partial charge in [0.15, 0.2) is 0 Å². The van der Waals surface area contributed by atoms with Crippen molar-refractivity contribution < 1.29 is 17.9 Å². The van der Waals surface area contributed by atoms with Crippen LogP contribution in [-0.4, -0.2) is 56.2 Å². The Morgan fingerprint density at radius 3 is 2.70 bits per heavy atom. The van der Waals surface area contributed by atoms with Crippen LogP contribution in [0.5, 0.6) is 0 Å². The van der Waals surface area contributed by atoms with Crippen molar-refractivity contribution in [3.05, 3.63) is 22.4 Å². The van der Waals surface area contributed by atoms with E-state index in [0.717, 1.165) is 5.56 Å². The smallest absolute Gasteiger partial charge is 0.220 e. The topological polar surface area (TPSA) is 75.7 Å². The number of rotatable bonds is 7. The Balaban J connectivity index is 1.72. The molecular weight excluding hydrogens is 336 g/mol. The summed E-state index contributed by atoms with van der Waals surface area (Å²) < 4.78 is 31.7. The lowest BCUT2D eigenvalue weighted by molar-refractivity contribution is -0.120. The zero-order valence-electron chi connectivity index (χ0n) is 13.5. The number of sulfonamides is 1. The van der Waals surface area contributed by atoms with E-state index in [2.05, 4.69) is 5.32 Å². The van der Waals surface area contributed by atoms with E-state index in [1.54, 1.807) is 11.3 Å². The van der Waals surface area contributed by atoms with E-state index in [9.17, 15) is 13.2 Å². The van der Waals surface area contributed by atoms with Gasteiger partial charge in [0.1, 0.15) is 0 Å². The van der Waals surface area contributed by atoms with Gasteiger partial charge in [0.25, 0.3) is 0 Å². The number of thiophene rings is 1. The van der Waals surface area contributed by atoms with Crippen molar-refractivity contribution in [3.63, 3.8) is 0 Å². The zero-order chi connectivity index (χ0) is 16.9. The number of ether oxygens (including phenoxy) is 1. The number of nitrogens with zero attached hydrogens (tertiary/aromatic N) is 1. The Labute approximate surface area is 141 Å². The van der Waals surface area contributed by atoms with Crippen molar-refractivity contribution in [1.29, 1.82) is 0 Å². The summed E-state index contributed by atoms with van der Waals surface area (Å²) in [5, 5.41) is 6.68. The van der Waals surface area contributed by atoms with Crippen LogP contribution in [-0.2, 0) is 26.0 Å². The molecule has 0 spiro atoms. The summed E-state index contributed by atoms with van der Waals surface area (Å²) in [7, 11) is -3.36. The third-order valence-corrected chi connectivity index (χ3v) is 6.22. The Bertz CT molecular complexity index is 591. The minimum absolute atomic E-state index is 0.0728. The second kappa shape index (κ2) is 8.23. The average molecular weight is 361 g/mol. The van der Waals surface area contributed by atoms with E-state index < -0.39 is 10.0 Å². The Morgan fingerprint density at radius 1 is 1.39 bits per heavy atom. The Kier molecular flexibility index (Phi) is 6.58. The van der Waals surface area contributed by atoms with Crippen molar-refractivity contribution in [1.82, 2.24) is 9.62 Å². The summed E-state index contributed by atoms with van der Waals surface area (Å²) in [6.07, 6.45) is 0.852. The molecule has 0 saturated carbocycles. The van der Waals surface area contributed by atoms with Gasteiger partial charge in [0.2, 0.25) is 15.9 Å². The summed E-state index contributed by atoms with van der Waals surface area (Å²) in [6.45, 7) is 4.62. The molecule has 8 heteroatoms. The second-order valence-electron chi connectivity index (χ2n) is 5.87. The molecule has 0 bridgehead atoms. The molecule has 2 rings (SSSR count). The molecular formula is C15H24N2O4S2. The summed E-state index contributed by atoms with van der Waals surface area (Å²) in [5.74, 6) is -0.188. The first-order chi connectivity index (χ1) is 10.9. The largest absolute Gasteiger partial charge is 0.373 e. The van der Waals surface area contributed by atoms with Gasteiger partial charge in [-0.25, -0.2) is 8.42 Å². The fourth-order valence-corrected chi connectivity index (χ4v) is 4.78. The van der Waals surface area contributed by atoms with Gasteiger partial charge in [-0.1, -0.05) is 0 Å². The van der Waals surface area contributed by atoms with Gasteiger partial charge in [-0.3, -0.25) is 4.79 Å². The van der Waals surface area contributed by atoms with Gasteiger partial charge in [0.05, 0.1) is 18.0 Å². The maximum atomic E-state index is 12.3. The SMILES string of the molecule is C[C@H]1CN(S(=O)(=O)CCNC(=O)CCc2ccsc2)C[C@H](C)O1. The summed E-state index contributed by atoms with van der Waals surface area (Å²) >= 11 is 1.60. The van der Waals surface area contributed by atoms with Crippen LogP contribution >= 0.6 is 11.3 Å². The van der Waals surface area contributed by atoms with Crippen molar-refractivity contribution in [3.8, 4) is 0 Å². The lowest BCUT2D eigenvalue weighted by Crippen LogP contribution is -2.49. The highest BCUT2D eigenvalue weighted by molar-refractivity contribution is 7.89. The first kappa shape index (κ1) is 18.4. The number of hydrogen-bond acceptors (Lipinski definition) is 5. The third kappa shape index (κ3) is 5.87. The minimum Gasteiger partial charge on any atom is -0.373 e. The number of hydrogen-bond donors (Lipinski definition) is 1. The summed E-state index contributed by atoms with van der Waals surface area (Å²) in [5.41, 5.74) is 1.13. The maximum Gasteiger partial charge on any atom is 0.220 e. The molecule has 1 saturated heterocycles. The summed E-state index contributed by atoms with van der Waals surface area (Å²) in [6, 6.07) is 1.99. The molecule has 1 amide bonds. The molecule has 2 atom stereocenters. The van der Waals surface area contributed by atoms with Crippen LogP contribution < -0.4 is 5.32 Å². The third-order valence-electron chi connectivity index (χ3n) is 3.68. The molecule has 23 heavy (non-hydrogen) atoms. The molecule has 1 aliphatic heterocycles. The number of morpholine rings is 1. The van der Waals surface area contributed by atoms with Crippen LogP contribution in [0.3, 0.4) is 0 Å². The second-order valence-corrected chi connectivity index (χ2v) is 8.74. The van der Waals surface area contributed by atoms with Crippen molar-refractivity contribution in [2.75, 3.05) is 25.4 Å². The van der Waals surface area contributed by atoms with Gasteiger partial charge in [-0.05, 0) is 42.7 Å². The number of nitrogens with one attached hydrogen (secondary N) is 1. The molecule has 0 aliphatic carbocycles. The monoisotopic (exact) mass is 360 g/mol. The highest BCUT2D eigenvalue weighted by Crippen LogP contribution is 2.14. The van der Waals surface area contributed by atoms with Crippen molar-refractivity contribution in [2.24, 2.45) is 0 Å². The van der Waals surface area contributed by atoms with Crippen LogP contribution in [0, 0.1) is 0 Å². The van der Waals surface area contributed by atoms with E-state index in [-0.39, 0.29) is 30.4 Å². The molecule has 130 valence electrons. The van der Waals surface area contributed by atoms with Crippen molar-refractivity contribution >= 4 is 27.3 Å². The van der Waals surface area contributed by atoms with Gasteiger partial charge < -0.3 is 10.1 Å². The molecule has 0 aromatic carbocycles. The van der Waals surface area contributed by atoms with Crippen LogP contribution in [0.4, 0.5) is 0 Å². The maximum absolute atomic E-state index is 12.3. The number of aryl methyl sites for hydroxylation is 1. The fourth-order valence-electron chi connectivity index (χ4n) is 2.59. The van der Waals surface area contributed by atoms with Gasteiger partial charge in [-0.15, -0.1) is 0 Å². The van der Waals surface area contributed by atoms with Crippen LogP contribution in [0.1, 0.15) is 25.8 Å². The first-order valence-electron chi connectivity index (χ1n) is 7.78. The molecule has 2 heterocycles. The average Bonchev–Trinajstić information content (AvgIpc) is 2.97. The molecule has 0 unspecified atom stereocenters. The van der Waals surface area contributed by atoms with E-state index >= 15 is 0 Å². The van der Waals surface area contributed by atoms with E-state index in [1.807, 2.05) is 30.7 Å². The molecule has 0 radical (unpaired) electrons. The molecule has 1 aromatic rings. The zero-order valence-corrected chi connectivity index (χ0v) is 15.2. The van der Waals surface area contributed by atoms with Crippen LogP contribution in [0.15, 0.2) is 16.8 Å². The summed E-state index contributed by atoms with van der Waals surface area (Å²) in [4.78, 5) is 11.8. The molecule has 1 aliphatic rings. The van der Waals surface area contributed by atoms with Crippen molar-refractivity contribution in [2.45, 2.75) is 38.9 Å². The molecule has 6 nitrogen and oxygen atoms in total. The molecule has 1 N–H and O–H groups in total. The number of amides is 1. The van der Waals surface area contributed by atoms with E-state index in [4.69, 9.17) is 4.74 Å². The lowest BCUT2D eigenvalue weighted by Gasteiger charge is -2.34. The highest BCUT2D eigenvalue weighted by atomic mass is 32.2. The Morgan fingerprint density at radius 2 is 2.09 bits per heavy atom. The van der Waals surface area contributed by atoms with Crippen LogP contribution in [0.2, 0.25) is 0 Å². The number of carbonyl (C=O) groups is 1. The van der Waals surface area contributed by atoms with E-state index in [0.29, 0.717) is 25.9 Å². The number of carbonyl (C=O) groups excluding carboxylic acids is 1. The van der Waals surface area contributed by atoms with E-state index in [1.165, 1.54) is 4.31 Å². The quantitative estimate of drug-likeness (QED) is 0.794. The van der Waals surface area contributed by atoms with Gasteiger partial charge in [0, 0.05) is 26.1 Å². The Hall–Kier alpha value is -0.960. The molecule has 1 fully saturated rings. The molecule has 1 aromatic heterocycles. The van der Waals surface area contributed by atoms with Gasteiger partial charge in [-0.2, -0.15) is 15.6 Å². The standard InChI is InChI=1S/C15H24N2O4S2/c1-12-9-17(10-13(2)21-12)23(19,20)8-6-16-15(18)4-3-14-5-7-22-11-14/h5,7,11-13H,3-4,6,8-10H2,1-2H3,(H,16,18)/t12-,13-/m0/s1. The first-order valence-corrected chi connectivity index (χ1v) is 10.3. The predicted octanol–water partition coefficient (Wildman–Crippen LogP) is 1.24. The van der Waals surface area contributed by atoms with Gasteiger partial charge >= 0.3 is 0 Å². The minimum atomic E-state index is -3.36. The lowest BCUT2D eigenvalue weighted by atomic mass is 10.2.